The molecule has 1 amide bonds. The Labute approximate surface area is 108 Å². The molecule has 0 saturated carbocycles. The van der Waals surface area contributed by atoms with Gasteiger partial charge in [-0.1, -0.05) is 26.0 Å². The van der Waals surface area contributed by atoms with Crippen LogP contribution in [0.2, 0.25) is 0 Å². The average Bonchev–Trinajstić information content (AvgIpc) is 2.28. The van der Waals surface area contributed by atoms with Crippen molar-refractivity contribution in [2.75, 3.05) is 20.1 Å². The van der Waals surface area contributed by atoms with Crippen LogP contribution in [-0.2, 0) is 11.2 Å². The fourth-order valence-corrected chi connectivity index (χ4v) is 1.75. The maximum Gasteiger partial charge on any atom is 0.226 e. The Kier molecular flexibility index (Phi) is 4.84. The quantitative estimate of drug-likeness (QED) is 0.868. The smallest absolute Gasteiger partial charge is 0.226 e. The molecule has 0 spiro atoms. The van der Waals surface area contributed by atoms with E-state index < -0.39 is 0 Å². The fourth-order valence-electron chi connectivity index (χ4n) is 1.75. The number of amides is 1. The molecular weight excluding hydrogens is 231 g/mol. The van der Waals surface area contributed by atoms with Crippen molar-refractivity contribution in [2.45, 2.75) is 20.3 Å². The Morgan fingerprint density at radius 3 is 2.67 bits per heavy atom. The number of hydrogen-bond acceptors (Lipinski definition) is 2. The van der Waals surface area contributed by atoms with Gasteiger partial charge in [0.2, 0.25) is 5.91 Å². The van der Waals surface area contributed by atoms with E-state index in [1.807, 2.05) is 13.8 Å². The first-order valence-corrected chi connectivity index (χ1v) is 6.02. The van der Waals surface area contributed by atoms with Gasteiger partial charge >= 0.3 is 0 Å². The zero-order chi connectivity index (χ0) is 13.8. The number of benzene rings is 1. The van der Waals surface area contributed by atoms with Gasteiger partial charge in [-0.15, -0.1) is 0 Å². The van der Waals surface area contributed by atoms with E-state index in [0.29, 0.717) is 18.7 Å². The molecule has 0 aromatic heterocycles. The second-order valence-corrected chi connectivity index (χ2v) is 5.42. The largest absolute Gasteiger partial charge is 0.345 e. The van der Waals surface area contributed by atoms with Crippen LogP contribution in [0.4, 0.5) is 4.39 Å². The lowest BCUT2D eigenvalue weighted by Crippen LogP contribution is -2.40. The number of likely N-dealkylation sites (N-methyl/N-ethyl adjacent to an activating group) is 1. The molecule has 0 heterocycles. The SMILES string of the molecule is CN(CC(C)(C)CN)C(=O)Cc1cccc(F)c1. The maximum atomic E-state index is 13.0. The molecule has 100 valence electrons. The Hall–Kier alpha value is -1.42. The lowest BCUT2D eigenvalue weighted by molar-refractivity contribution is -0.130. The lowest BCUT2D eigenvalue weighted by Gasteiger charge is -2.29. The van der Waals surface area contributed by atoms with Crippen LogP contribution in [-0.4, -0.2) is 30.9 Å². The molecule has 2 N–H and O–H groups in total. The fraction of sp³-hybridized carbons (Fsp3) is 0.500. The molecule has 0 aliphatic heterocycles. The molecule has 0 bridgehead atoms. The standard InChI is InChI=1S/C14H21FN2O/c1-14(2,9-16)10-17(3)13(18)8-11-5-4-6-12(15)7-11/h4-7H,8-10,16H2,1-3H3. The monoisotopic (exact) mass is 252 g/mol. The van der Waals surface area contributed by atoms with Gasteiger partial charge in [0.25, 0.3) is 0 Å². The predicted octanol–water partition coefficient (Wildman–Crippen LogP) is 1.81. The molecule has 0 radical (unpaired) electrons. The molecule has 4 heteroatoms. The van der Waals surface area contributed by atoms with Crippen molar-refractivity contribution in [2.24, 2.45) is 11.1 Å². The van der Waals surface area contributed by atoms with Gasteiger partial charge in [-0.05, 0) is 29.7 Å². The van der Waals surface area contributed by atoms with Crippen LogP contribution in [0.25, 0.3) is 0 Å². The van der Waals surface area contributed by atoms with Gasteiger partial charge in [-0.25, -0.2) is 4.39 Å². The van der Waals surface area contributed by atoms with Crippen molar-refractivity contribution in [3.05, 3.63) is 35.6 Å². The van der Waals surface area contributed by atoms with Crippen molar-refractivity contribution in [3.8, 4) is 0 Å². The summed E-state index contributed by atoms with van der Waals surface area (Å²) >= 11 is 0. The second kappa shape index (κ2) is 5.96. The van der Waals surface area contributed by atoms with E-state index in [1.54, 1.807) is 24.1 Å². The summed E-state index contributed by atoms with van der Waals surface area (Å²) in [5.74, 6) is -0.340. The second-order valence-electron chi connectivity index (χ2n) is 5.42. The first kappa shape index (κ1) is 14.6. The summed E-state index contributed by atoms with van der Waals surface area (Å²) in [6.45, 7) is 5.14. The molecule has 0 aliphatic rings. The van der Waals surface area contributed by atoms with Crippen molar-refractivity contribution < 1.29 is 9.18 Å². The Balaban J connectivity index is 2.60. The zero-order valence-corrected chi connectivity index (χ0v) is 11.2. The molecule has 0 fully saturated rings. The van der Waals surface area contributed by atoms with Crippen LogP contribution in [0.3, 0.4) is 0 Å². The van der Waals surface area contributed by atoms with Crippen molar-refractivity contribution in [1.82, 2.24) is 4.90 Å². The molecule has 0 unspecified atom stereocenters. The van der Waals surface area contributed by atoms with Gasteiger partial charge in [0.05, 0.1) is 6.42 Å². The number of halogens is 1. The van der Waals surface area contributed by atoms with E-state index in [0.717, 1.165) is 0 Å². The molecule has 1 aromatic carbocycles. The number of nitrogens with zero attached hydrogens (tertiary/aromatic N) is 1. The van der Waals surface area contributed by atoms with E-state index >= 15 is 0 Å². The van der Waals surface area contributed by atoms with E-state index in [-0.39, 0.29) is 23.6 Å². The van der Waals surface area contributed by atoms with Gasteiger partial charge in [0.15, 0.2) is 0 Å². The lowest BCUT2D eigenvalue weighted by atomic mass is 9.93. The summed E-state index contributed by atoms with van der Waals surface area (Å²) in [6, 6.07) is 6.12. The predicted molar refractivity (Wildman–Crippen MR) is 70.6 cm³/mol. The Morgan fingerprint density at radius 2 is 2.11 bits per heavy atom. The highest BCUT2D eigenvalue weighted by molar-refractivity contribution is 5.78. The van der Waals surface area contributed by atoms with Crippen LogP contribution in [0.15, 0.2) is 24.3 Å². The van der Waals surface area contributed by atoms with Crippen LogP contribution in [0.5, 0.6) is 0 Å². The minimum atomic E-state index is -0.315. The van der Waals surface area contributed by atoms with Gasteiger partial charge in [-0.3, -0.25) is 4.79 Å². The number of carbonyl (C=O) groups excluding carboxylic acids is 1. The van der Waals surface area contributed by atoms with Crippen LogP contribution in [0.1, 0.15) is 19.4 Å². The third-order valence-electron chi connectivity index (χ3n) is 2.89. The molecule has 1 aromatic rings. The van der Waals surface area contributed by atoms with Crippen LogP contribution in [0, 0.1) is 11.2 Å². The average molecular weight is 252 g/mol. The van der Waals surface area contributed by atoms with Crippen LogP contribution < -0.4 is 5.73 Å². The minimum Gasteiger partial charge on any atom is -0.345 e. The van der Waals surface area contributed by atoms with Crippen molar-refractivity contribution >= 4 is 5.91 Å². The van der Waals surface area contributed by atoms with Crippen LogP contribution >= 0.6 is 0 Å². The summed E-state index contributed by atoms with van der Waals surface area (Å²) in [5.41, 5.74) is 6.23. The highest BCUT2D eigenvalue weighted by Gasteiger charge is 2.21. The summed E-state index contributed by atoms with van der Waals surface area (Å²) in [7, 11) is 1.75. The van der Waals surface area contributed by atoms with Gasteiger partial charge in [-0.2, -0.15) is 0 Å². The number of nitrogens with two attached hydrogens (primary N) is 1. The molecule has 0 saturated heterocycles. The maximum absolute atomic E-state index is 13.0. The summed E-state index contributed by atoms with van der Waals surface area (Å²) < 4.78 is 13.0. The Bertz CT molecular complexity index is 418. The minimum absolute atomic E-state index is 0.0258. The highest BCUT2D eigenvalue weighted by atomic mass is 19.1. The highest BCUT2D eigenvalue weighted by Crippen LogP contribution is 2.15. The van der Waals surface area contributed by atoms with Crippen molar-refractivity contribution in [1.29, 1.82) is 0 Å². The normalized spacial score (nSPS) is 11.4. The number of hydrogen-bond donors (Lipinski definition) is 1. The molecular formula is C14H21FN2O. The third kappa shape index (κ3) is 4.45. The summed E-state index contributed by atoms with van der Waals surface area (Å²) in [6.07, 6.45) is 0.217. The molecule has 18 heavy (non-hydrogen) atoms. The molecule has 1 rings (SSSR count). The molecule has 0 atom stereocenters. The first-order chi connectivity index (χ1) is 8.34. The number of carbonyl (C=O) groups is 1. The van der Waals surface area contributed by atoms with E-state index in [1.165, 1.54) is 12.1 Å². The van der Waals surface area contributed by atoms with Gasteiger partial charge in [0, 0.05) is 13.6 Å². The molecule has 0 aliphatic carbocycles. The summed E-state index contributed by atoms with van der Waals surface area (Å²) in [5, 5.41) is 0. The number of rotatable bonds is 5. The van der Waals surface area contributed by atoms with E-state index in [9.17, 15) is 9.18 Å². The van der Waals surface area contributed by atoms with Gasteiger partial charge < -0.3 is 10.6 Å². The van der Waals surface area contributed by atoms with Crippen molar-refractivity contribution in [3.63, 3.8) is 0 Å². The van der Waals surface area contributed by atoms with E-state index in [2.05, 4.69) is 0 Å². The Morgan fingerprint density at radius 1 is 1.44 bits per heavy atom. The summed E-state index contributed by atoms with van der Waals surface area (Å²) in [4.78, 5) is 13.6. The zero-order valence-electron chi connectivity index (χ0n) is 11.2. The third-order valence-corrected chi connectivity index (χ3v) is 2.89. The van der Waals surface area contributed by atoms with Gasteiger partial charge in [0.1, 0.15) is 5.82 Å². The molecule has 3 nitrogen and oxygen atoms in total. The topological polar surface area (TPSA) is 46.3 Å². The first-order valence-electron chi connectivity index (χ1n) is 6.02. The van der Waals surface area contributed by atoms with E-state index in [4.69, 9.17) is 5.73 Å².